The molecule has 0 aromatic heterocycles. The molecule has 0 aliphatic carbocycles. The zero-order chi connectivity index (χ0) is 38.4. The Labute approximate surface area is 313 Å². The van der Waals surface area contributed by atoms with Gasteiger partial charge in [-0.25, -0.2) is 0 Å². The maximum atomic E-state index is 13.0. The minimum absolute atomic E-state index is 0.231. The second-order valence-electron chi connectivity index (χ2n) is 14.0. The number of hydrogen-bond acceptors (Lipinski definition) is 10. The van der Waals surface area contributed by atoms with Crippen molar-refractivity contribution in [2.24, 2.45) is 0 Å². The van der Waals surface area contributed by atoms with E-state index in [-0.39, 0.29) is 12.8 Å². The molecule has 1 rings (SSSR count). The first-order valence-corrected chi connectivity index (χ1v) is 20.1. The molecule has 1 aliphatic heterocycles. The van der Waals surface area contributed by atoms with Gasteiger partial charge < -0.3 is 50.5 Å². The lowest BCUT2D eigenvalue weighted by atomic mass is 9.98. The van der Waals surface area contributed by atoms with Crippen molar-refractivity contribution < 1.29 is 50.0 Å². The number of nitrogens with one attached hydrogen (secondary N) is 1. The fraction of sp³-hybridized carbons (Fsp3) is 0.780. The number of carbonyl (C=O) groups excluding carboxylic acids is 1. The van der Waals surface area contributed by atoms with Gasteiger partial charge in [-0.05, 0) is 70.6 Å². The molecule has 0 radical (unpaired) electrons. The van der Waals surface area contributed by atoms with Crippen LogP contribution in [0.2, 0.25) is 0 Å². The van der Waals surface area contributed by atoms with Gasteiger partial charge >= 0.3 is 0 Å². The van der Waals surface area contributed by atoms with Gasteiger partial charge in [0, 0.05) is 0 Å². The van der Waals surface area contributed by atoms with E-state index >= 15 is 0 Å². The molecule has 1 fully saturated rings. The summed E-state index contributed by atoms with van der Waals surface area (Å²) < 4.78 is 11.0. The van der Waals surface area contributed by atoms with Crippen molar-refractivity contribution in [2.75, 3.05) is 13.2 Å². The highest BCUT2D eigenvalue weighted by Crippen LogP contribution is 2.23. The van der Waals surface area contributed by atoms with Gasteiger partial charge in [-0.15, -0.1) is 0 Å². The summed E-state index contributed by atoms with van der Waals surface area (Å²) in [5.41, 5.74) is 0. The van der Waals surface area contributed by atoms with Gasteiger partial charge in [0.15, 0.2) is 6.29 Å². The summed E-state index contributed by atoms with van der Waals surface area (Å²) >= 11 is 0. The third-order valence-corrected chi connectivity index (χ3v) is 9.36. The fourth-order valence-electron chi connectivity index (χ4n) is 5.90. The maximum Gasteiger partial charge on any atom is 0.249 e. The number of rotatable bonds is 31. The minimum Gasteiger partial charge on any atom is -0.394 e. The van der Waals surface area contributed by atoms with E-state index in [1.807, 2.05) is 6.08 Å². The van der Waals surface area contributed by atoms with Crippen molar-refractivity contribution in [1.29, 1.82) is 0 Å². The van der Waals surface area contributed by atoms with Crippen molar-refractivity contribution in [1.82, 2.24) is 5.32 Å². The molecule has 8 N–H and O–H groups in total. The van der Waals surface area contributed by atoms with E-state index in [1.54, 1.807) is 0 Å². The van der Waals surface area contributed by atoms with E-state index in [9.17, 15) is 40.5 Å². The van der Waals surface area contributed by atoms with E-state index < -0.39 is 74.2 Å². The van der Waals surface area contributed by atoms with Gasteiger partial charge in [0.1, 0.15) is 36.6 Å². The second-order valence-corrected chi connectivity index (χ2v) is 14.0. The first kappa shape index (κ1) is 48.1. The number of ether oxygens (including phenoxy) is 2. The first-order valence-electron chi connectivity index (χ1n) is 20.1. The Bertz CT molecular complexity index is 987. The number of allylic oxidation sites excluding steroid dienone is 8. The molecule has 11 nitrogen and oxygen atoms in total. The van der Waals surface area contributed by atoms with Crippen molar-refractivity contribution in [3.63, 3.8) is 0 Å². The Morgan fingerprint density at radius 2 is 1.23 bits per heavy atom. The van der Waals surface area contributed by atoms with Crippen LogP contribution in [0.5, 0.6) is 0 Å². The summed E-state index contributed by atoms with van der Waals surface area (Å²) in [5.74, 6) is -0.729. The zero-order valence-corrected chi connectivity index (χ0v) is 32.0. The van der Waals surface area contributed by atoms with Crippen molar-refractivity contribution in [3.8, 4) is 0 Å². The van der Waals surface area contributed by atoms with Crippen LogP contribution >= 0.6 is 0 Å². The van der Waals surface area contributed by atoms with Gasteiger partial charge in [-0.2, -0.15) is 0 Å². The fourth-order valence-corrected chi connectivity index (χ4v) is 5.90. The summed E-state index contributed by atoms with van der Waals surface area (Å²) in [6.07, 6.45) is 23.1. The van der Waals surface area contributed by atoms with Gasteiger partial charge in [0.2, 0.25) is 5.91 Å². The summed E-state index contributed by atoms with van der Waals surface area (Å²) in [7, 11) is 0. The highest BCUT2D eigenvalue weighted by atomic mass is 16.7. The Morgan fingerprint density at radius 1 is 0.673 bits per heavy atom. The molecule has 0 bridgehead atoms. The monoisotopic (exact) mass is 740 g/mol. The first-order chi connectivity index (χ1) is 25.2. The van der Waals surface area contributed by atoms with Crippen molar-refractivity contribution in [3.05, 3.63) is 48.6 Å². The van der Waals surface area contributed by atoms with Crippen LogP contribution in [0.1, 0.15) is 136 Å². The van der Waals surface area contributed by atoms with E-state index in [4.69, 9.17) is 9.47 Å². The largest absolute Gasteiger partial charge is 0.394 e. The zero-order valence-electron chi connectivity index (χ0n) is 32.0. The molecule has 0 spiro atoms. The molecule has 302 valence electrons. The Kier molecular flexibility index (Phi) is 29.1. The predicted octanol–water partition coefficient (Wildman–Crippen LogP) is 5.05. The van der Waals surface area contributed by atoms with Gasteiger partial charge in [0.05, 0.1) is 25.4 Å². The average molecular weight is 740 g/mol. The topological polar surface area (TPSA) is 189 Å². The Balaban J connectivity index is 2.59. The molecule has 9 unspecified atom stereocenters. The molecule has 1 aliphatic rings. The smallest absolute Gasteiger partial charge is 0.249 e. The number of amides is 1. The van der Waals surface area contributed by atoms with Crippen LogP contribution < -0.4 is 5.32 Å². The number of carbonyl (C=O) groups is 1. The van der Waals surface area contributed by atoms with Crippen molar-refractivity contribution >= 4 is 5.91 Å². The molecule has 0 saturated carbocycles. The van der Waals surface area contributed by atoms with Crippen molar-refractivity contribution in [2.45, 2.75) is 191 Å². The highest BCUT2D eigenvalue weighted by molar-refractivity contribution is 5.80. The molecular weight excluding hydrogens is 666 g/mol. The lowest BCUT2D eigenvalue weighted by Gasteiger charge is -2.40. The summed E-state index contributed by atoms with van der Waals surface area (Å²) in [6, 6.07) is -1.20. The lowest BCUT2D eigenvalue weighted by Crippen LogP contribution is -2.60. The van der Waals surface area contributed by atoms with Crippen LogP contribution in [0.25, 0.3) is 0 Å². The Morgan fingerprint density at radius 3 is 1.87 bits per heavy atom. The molecule has 1 heterocycles. The Hall–Kier alpha value is -1.93. The molecule has 1 saturated heterocycles. The molecule has 0 aromatic carbocycles. The van der Waals surface area contributed by atoms with Crippen LogP contribution in [-0.4, -0.2) is 110 Å². The van der Waals surface area contributed by atoms with E-state index in [0.717, 1.165) is 57.8 Å². The van der Waals surface area contributed by atoms with E-state index in [1.165, 1.54) is 32.1 Å². The molecule has 0 aromatic rings. The molecule has 52 heavy (non-hydrogen) atoms. The van der Waals surface area contributed by atoms with Crippen LogP contribution in [0.3, 0.4) is 0 Å². The molecule has 11 heteroatoms. The molecule has 1 amide bonds. The lowest BCUT2D eigenvalue weighted by molar-refractivity contribution is -0.303. The van der Waals surface area contributed by atoms with E-state index in [0.29, 0.717) is 19.3 Å². The molecule has 9 atom stereocenters. The highest BCUT2D eigenvalue weighted by Gasteiger charge is 2.44. The van der Waals surface area contributed by atoms with Crippen LogP contribution in [0.15, 0.2) is 48.6 Å². The minimum atomic E-state index is -1.67. The third kappa shape index (κ3) is 21.7. The third-order valence-electron chi connectivity index (χ3n) is 9.36. The number of hydrogen-bond donors (Lipinski definition) is 8. The second kappa shape index (κ2) is 31.4. The van der Waals surface area contributed by atoms with Gasteiger partial charge in [0.25, 0.3) is 0 Å². The quantitative estimate of drug-likeness (QED) is 0.0272. The summed E-state index contributed by atoms with van der Waals surface area (Å²) in [6.45, 7) is 3.28. The molecular formula is C41H73NO10. The van der Waals surface area contributed by atoms with Crippen LogP contribution in [-0.2, 0) is 14.3 Å². The summed E-state index contributed by atoms with van der Waals surface area (Å²) in [5, 5.41) is 75.2. The number of unbranched alkanes of at least 4 members (excludes halogenated alkanes) is 12. The van der Waals surface area contributed by atoms with Crippen LogP contribution in [0.4, 0.5) is 0 Å². The predicted molar refractivity (Wildman–Crippen MR) is 205 cm³/mol. The summed E-state index contributed by atoms with van der Waals surface area (Å²) in [4.78, 5) is 13.0. The van der Waals surface area contributed by atoms with Gasteiger partial charge in [-0.1, -0.05) is 114 Å². The normalized spacial score (nSPS) is 23.6. The van der Waals surface area contributed by atoms with Crippen LogP contribution in [0, 0.1) is 0 Å². The standard InChI is InChI=1S/C41H73NO10/c1-3-5-7-9-11-13-15-16-17-19-21-23-25-27-29-34(45)40(50)42-32(31-51-41-39(49)38(48)37(47)35(30-43)52-41)36(46)33(44)28-26-24-22-20-18-14-12-10-8-6-4-2/h10-13,15-16,20,22,32-39,41,43-49H,3-9,14,17-19,21,23-31H2,1-2H3,(H,42,50)/b12-10+,13-11-,16-15-,22-20+. The SMILES string of the molecule is CCCC/C=C/CC/C=C/CCCC(O)C(O)C(COC1OC(CO)C(O)C(O)C1O)NC(=O)C(O)CCCCCCC/C=C\C=C/CCCCC. The number of aliphatic hydroxyl groups excluding tert-OH is 7. The van der Waals surface area contributed by atoms with Gasteiger partial charge in [-0.3, -0.25) is 4.79 Å². The van der Waals surface area contributed by atoms with E-state index in [2.05, 4.69) is 61.7 Å². The average Bonchev–Trinajstić information content (AvgIpc) is 3.14. The number of aliphatic hydroxyl groups is 7. The maximum absolute atomic E-state index is 13.0.